The smallest absolute Gasteiger partial charge is 0.307 e. The molecule has 24 heavy (non-hydrogen) atoms. The molecule has 1 aliphatic rings. The van der Waals surface area contributed by atoms with Crippen LogP contribution in [-0.2, 0) is 14.3 Å². The molecule has 0 spiro atoms. The summed E-state index contributed by atoms with van der Waals surface area (Å²) in [5.41, 5.74) is 0. The van der Waals surface area contributed by atoms with Gasteiger partial charge in [0, 0.05) is 23.7 Å². The van der Waals surface area contributed by atoms with E-state index in [0.29, 0.717) is 5.75 Å². The summed E-state index contributed by atoms with van der Waals surface area (Å²) < 4.78 is 18.1. The van der Waals surface area contributed by atoms with Gasteiger partial charge in [-0.25, -0.2) is 4.39 Å². The molecule has 1 fully saturated rings. The Labute approximate surface area is 146 Å². The molecule has 1 saturated heterocycles. The zero-order valence-corrected chi connectivity index (χ0v) is 14.8. The lowest BCUT2D eigenvalue weighted by Crippen LogP contribution is -2.40. The molecule has 6 heteroatoms. The van der Waals surface area contributed by atoms with E-state index in [9.17, 15) is 14.0 Å². The van der Waals surface area contributed by atoms with Gasteiger partial charge in [-0.05, 0) is 44.0 Å². The molecule has 1 aromatic carbocycles. The van der Waals surface area contributed by atoms with Crippen LogP contribution in [-0.4, -0.2) is 41.7 Å². The molecule has 1 aliphatic heterocycles. The van der Waals surface area contributed by atoms with Crippen molar-refractivity contribution in [2.24, 2.45) is 0 Å². The monoisotopic (exact) mass is 353 g/mol. The van der Waals surface area contributed by atoms with E-state index in [1.54, 1.807) is 24.0 Å². The highest BCUT2D eigenvalue weighted by molar-refractivity contribution is 7.99. The normalized spacial score (nSPS) is 16.3. The van der Waals surface area contributed by atoms with Crippen LogP contribution in [0.15, 0.2) is 29.2 Å². The van der Waals surface area contributed by atoms with Gasteiger partial charge < -0.3 is 9.64 Å². The standard InChI is InChI=1S/C18H24FNO3S/c1-14(18(22)20-11-4-2-3-5-12-20)23-17(21)10-13-24-16-8-6-15(19)7-9-16/h6-9,14H,2-5,10-13H2,1H3. The van der Waals surface area contributed by atoms with Crippen molar-refractivity contribution in [3.63, 3.8) is 0 Å². The van der Waals surface area contributed by atoms with Crippen molar-refractivity contribution in [2.75, 3.05) is 18.8 Å². The summed E-state index contributed by atoms with van der Waals surface area (Å²) in [4.78, 5) is 26.9. The van der Waals surface area contributed by atoms with Crippen LogP contribution in [0.2, 0.25) is 0 Å². The Kier molecular flexibility index (Phi) is 7.56. The molecule has 132 valence electrons. The second kappa shape index (κ2) is 9.67. The molecule has 0 radical (unpaired) electrons. The Morgan fingerprint density at radius 2 is 1.79 bits per heavy atom. The van der Waals surface area contributed by atoms with E-state index in [1.807, 2.05) is 0 Å². The minimum atomic E-state index is -0.730. The van der Waals surface area contributed by atoms with Crippen LogP contribution >= 0.6 is 11.8 Å². The number of hydrogen-bond acceptors (Lipinski definition) is 4. The van der Waals surface area contributed by atoms with Gasteiger partial charge in [0.05, 0.1) is 6.42 Å². The molecule has 4 nitrogen and oxygen atoms in total. The van der Waals surface area contributed by atoms with Gasteiger partial charge in [-0.3, -0.25) is 9.59 Å². The Morgan fingerprint density at radius 3 is 2.42 bits per heavy atom. The van der Waals surface area contributed by atoms with Gasteiger partial charge >= 0.3 is 5.97 Å². The third-order valence-corrected chi connectivity index (χ3v) is 4.98. The zero-order chi connectivity index (χ0) is 17.4. The van der Waals surface area contributed by atoms with Crippen molar-refractivity contribution in [3.8, 4) is 0 Å². The molecule has 1 aromatic rings. The Balaban J connectivity index is 1.70. The van der Waals surface area contributed by atoms with Crippen molar-refractivity contribution in [2.45, 2.75) is 50.0 Å². The molecule has 1 atom stereocenters. The van der Waals surface area contributed by atoms with Crippen molar-refractivity contribution >= 4 is 23.6 Å². The summed E-state index contributed by atoms with van der Waals surface area (Å²) in [5, 5.41) is 0. The fourth-order valence-electron chi connectivity index (χ4n) is 2.64. The maximum absolute atomic E-state index is 12.8. The fourth-order valence-corrected chi connectivity index (χ4v) is 3.47. The number of nitrogens with zero attached hydrogens (tertiary/aromatic N) is 1. The number of hydrogen-bond donors (Lipinski definition) is 0. The number of carbonyl (C=O) groups is 2. The quantitative estimate of drug-likeness (QED) is 0.579. The molecular weight excluding hydrogens is 329 g/mol. The van der Waals surface area contributed by atoms with Crippen LogP contribution in [0, 0.1) is 5.82 Å². The van der Waals surface area contributed by atoms with Crippen molar-refractivity contribution in [1.82, 2.24) is 4.90 Å². The number of amides is 1. The molecule has 1 amide bonds. The van der Waals surface area contributed by atoms with Gasteiger partial charge in [0.25, 0.3) is 5.91 Å². The van der Waals surface area contributed by atoms with E-state index in [0.717, 1.165) is 43.7 Å². The summed E-state index contributed by atoms with van der Waals surface area (Å²) in [6.45, 7) is 3.14. The van der Waals surface area contributed by atoms with Crippen molar-refractivity contribution in [1.29, 1.82) is 0 Å². The van der Waals surface area contributed by atoms with Crippen LogP contribution in [0.4, 0.5) is 4.39 Å². The Hall–Kier alpha value is -1.56. The van der Waals surface area contributed by atoms with E-state index in [4.69, 9.17) is 4.74 Å². The maximum Gasteiger partial charge on any atom is 0.307 e. The first-order valence-corrected chi connectivity index (χ1v) is 9.41. The number of carbonyl (C=O) groups excluding carboxylic acids is 2. The minimum absolute atomic E-state index is 0.101. The lowest BCUT2D eigenvalue weighted by molar-refractivity contribution is -0.158. The van der Waals surface area contributed by atoms with Crippen LogP contribution in [0.3, 0.4) is 0 Å². The van der Waals surface area contributed by atoms with E-state index in [1.165, 1.54) is 23.9 Å². The lowest BCUT2D eigenvalue weighted by atomic mass is 10.2. The number of halogens is 1. The van der Waals surface area contributed by atoms with Crippen LogP contribution in [0.25, 0.3) is 0 Å². The summed E-state index contributed by atoms with van der Waals surface area (Å²) in [7, 11) is 0. The lowest BCUT2D eigenvalue weighted by Gasteiger charge is -2.24. The minimum Gasteiger partial charge on any atom is -0.453 e. The fraction of sp³-hybridized carbons (Fsp3) is 0.556. The van der Waals surface area contributed by atoms with Crippen LogP contribution in [0.1, 0.15) is 39.0 Å². The Morgan fingerprint density at radius 1 is 1.17 bits per heavy atom. The number of esters is 1. The molecule has 2 rings (SSSR count). The van der Waals surface area contributed by atoms with Crippen LogP contribution in [0.5, 0.6) is 0 Å². The molecule has 1 unspecified atom stereocenters. The highest BCUT2D eigenvalue weighted by Crippen LogP contribution is 2.19. The molecular formula is C18H24FNO3S. The van der Waals surface area contributed by atoms with Crippen LogP contribution < -0.4 is 0 Å². The van der Waals surface area contributed by atoms with E-state index in [2.05, 4.69) is 0 Å². The first-order chi connectivity index (χ1) is 11.6. The number of benzene rings is 1. The van der Waals surface area contributed by atoms with Gasteiger partial charge in [0.1, 0.15) is 5.82 Å². The second-order valence-electron chi connectivity index (χ2n) is 5.92. The average Bonchev–Trinajstić information content (AvgIpc) is 2.85. The number of likely N-dealkylation sites (tertiary alicyclic amines) is 1. The van der Waals surface area contributed by atoms with Gasteiger partial charge in [-0.15, -0.1) is 11.8 Å². The van der Waals surface area contributed by atoms with Gasteiger partial charge in [-0.2, -0.15) is 0 Å². The van der Waals surface area contributed by atoms with Gasteiger partial charge in [0.2, 0.25) is 0 Å². The largest absolute Gasteiger partial charge is 0.453 e. The molecule has 0 aromatic heterocycles. The predicted octanol–water partition coefficient (Wildman–Crippen LogP) is 3.64. The summed E-state index contributed by atoms with van der Waals surface area (Å²) in [5.74, 6) is -0.217. The van der Waals surface area contributed by atoms with E-state index in [-0.39, 0.29) is 24.1 Å². The maximum atomic E-state index is 12.8. The third-order valence-electron chi connectivity index (χ3n) is 3.96. The molecule has 0 bridgehead atoms. The zero-order valence-electron chi connectivity index (χ0n) is 14.0. The van der Waals surface area contributed by atoms with Gasteiger partial charge in [-0.1, -0.05) is 12.8 Å². The third kappa shape index (κ3) is 6.15. The predicted molar refractivity (Wildman–Crippen MR) is 92.3 cm³/mol. The summed E-state index contributed by atoms with van der Waals surface area (Å²) >= 11 is 1.46. The van der Waals surface area contributed by atoms with Crippen molar-refractivity contribution in [3.05, 3.63) is 30.1 Å². The molecule has 0 N–H and O–H groups in total. The molecule has 1 heterocycles. The average molecular weight is 353 g/mol. The van der Waals surface area contributed by atoms with E-state index < -0.39 is 6.10 Å². The topological polar surface area (TPSA) is 46.6 Å². The summed E-state index contributed by atoms with van der Waals surface area (Å²) in [6, 6.07) is 6.14. The van der Waals surface area contributed by atoms with E-state index >= 15 is 0 Å². The molecule has 0 saturated carbocycles. The number of ether oxygens (including phenoxy) is 1. The first-order valence-electron chi connectivity index (χ1n) is 8.43. The molecule has 0 aliphatic carbocycles. The number of thioether (sulfide) groups is 1. The second-order valence-corrected chi connectivity index (χ2v) is 7.09. The Bertz CT molecular complexity index is 542. The highest BCUT2D eigenvalue weighted by atomic mass is 32.2. The van der Waals surface area contributed by atoms with Crippen molar-refractivity contribution < 1.29 is 18.7 Å². The number of rotatable bonds is 6. The SMILES string of the molecule is CC(OC(=O)CCSc1ccc(F)cc1)C(=O)N1CCCCCC1. The van der Waals surface area contributed by atoms with Gasteiger partial charge in [0.15, 0.2) is 6.10 Å². The highest BCUT2D eigenvalue weighted by Gasteiger charge is 2.24. The summed E-state index contributed by atoms with van der Waals surface area (Å²) in [6.07, 6.45) is 3.82. The first kappa shape index (κ1) is 18.8.